The summed E-state index contributed by atoms with van der Waals surface area (Å²) in [5.41, 5.74) is 2.25. The molecule has 0 radical (unpaired) electrons. The van der Waals surface area contributed by atoms with E-state index in [-0.39, 0.29) is 5.91 Å². The molecule has 4 nitrogen and oxygen atoms in total. The lowest BCUT2D eigenvalue weighted by Crippen LogP contribution is -2.37. The number of carbonyl (C=O) groups excluding carboxylic acids is 1. The zero-order valence-electron chi connectivity index (χ0n) is 13.7. The fourth-order valence-electron chi connectivity index (χ4n) is 2.04. The van der Waals surface area contributed by atoms with Crippen LogP contribution in [-0.2, 0) is 9.53 Å². The van der Waals surface area contributed by atoms with E-state index in [1.807, 2.05) is 13.0 Å². The maximum absolute atomic E-state index is 12.0. The van der Waals surface area contributed by atoms with Gasteiger partial charge in [-0.3, -0.25) is 4.79 Å². The van der Waals surface area contributed by atoms with Crippen LogP contribution in [0.1, 0.15) is 44.2 Å². The van der Waals surface area contributed by atoms with Gasteiger partial charge in [0.25, 0.3) is 5.91 Å². The van der Waals surface area contributed by atoms with Crippen molar-refractivity contribution >= 4 is 5.91 Å². The molecule has 1 unspecified atom stereocenters. The molecule has 0 heterocycles. The Balaban J connectivity index is 2.63. The van der Waals surface area contributed by atoms with Gasteiger partial charge < -0.3 is 14.8 Å². The van der Waals surface area contributed by atoms with E-state index in [9.17, 15) is 4.79 Å². The summed E-state index contributed by atoms with van der Waals surface area (Å²) in [5, 5.41) is 2.86. The molecule has 1 rings (SSSR count). The number of hydrogen-bond acceptors (Lipinski definition) is 3. The maximum Gasteiger partial charge on any atom is 0.260 e. The van der Waals surface area contributed by atoms with Crippen molar-refractivity contribution in [1.29, 1.82) is 0 Å². The van der Waals surface area contributed by atoms with Crippen molar-refractivity contribution in [2.75, 3.05) is 20.3 Å². The molecule has 4 heteroatoms. The van der Waals surface area contributed by atoms with Crippen LogP contribution in [0.25, 0.3) is 0 Å². The van der Waals surface area contributed by atoms with Gasteiger partial charge in [0.1, 0.15) is 5.75 Å². The number of rotatable bonds is 8. The molecule has 1 aromatic carbocycles. The molecule has 0 spiro atoms. The number of ether oxygens (including phenoxy) is 2. The minimum Gasteiger partial charge on any atom is -0.481 e. The van der Waals surface area contributed by atoms with Gasteiger partial charge in [0.05, 0.1) is 0 Å². The van der Waals surface area contributed by atoms with Crippen LogP contribution in [0.2, 0.25) is 0 Å². The van der Waals surface area contributed by atoms with Gasteiger partial charge in [-0.25, -0.2) is 0 Å². The Labute approximate surface area is 127 Å². The molecule has 1 N–H and O–H groups in total. The second-order valence-corrected chi connectivity index (χ2v) is 5.59. The summed E-state index contributed by atoms with van der Waals surface area (Å²) in [7, 11) is 1.65. The number of nitrogens with one attached hydrogen (secondary N) is 1. The standard InChI is InChI=1S/C17H27NO3/c1-12(2)15-8-7-13(3)11-16(15)21-14(4)17(19)18-9-6-10-20-5/h7-8,11-12,14H,6,9-10H2,1-5H3,(H,18,19). The van der Waals surface area contributed by atoms with E-state index in [2.05, 4.69) is 31.3 Å². The van der Waals surface area contributed by atoms with Gasteiger partial charge in [0, 0.05) is 20.3 Å². The lowest BCUT2D eigenvalue weighted by Gasteiger charge is -2.19. The molecule has 0 aliphatic carbocycles. The largest absolute Gasteiger partial charge is 0.481 e. The first kappa shape index (κ1) is 17.5. The minimum atomic E-state index is -0.508. The molecule has 0 fully saturated rings. The average Bonchev–Trinajstić information content (AvgIpc) is 2.43. The summed E-state index contributed by atoms with van der Waals surface area (Å²) in [5.74, 6) is 1.06. The monoisotopic (exact) mass is 293 g/mol. The smallest absolute Gasteiger partial charge is 0.260 e. The molecular formula is C17H27NO3. The highest BCUT2D eigenvalue weighted by molar-refractivity contribution is 5.80. The Bertz CT molecular complexity index is 457. The molecule has 21 heavy (non-hydrogen) atoms. The zero-order chi connectivity index (χ0) is 15.8. The summed E-state index contributed by atoms with van der Waals surface area (Å²) in [6, 6.07) is 6.13. The van der Waals surface area contributed by atoms with Crippen molar-refractivity contribution in [2.24, 2.45) is 0 Å². The van der Waals surface area contributed by atoms with Gasteiger partial charge in [0.15, 0.2) is 6.10 Å². The molecule has 0 aliphatic heterocycles. The molecular weight excluding hydrogens is 266 g/mol. The number of amides is 1. The van der Waals surface area contributed by atoms with Crippen molar-refractivity contribution in [3.05, 3.63) is 29.3 Å². The Hall–Kier alpha value is -1.55. The molecule has 1 aromatic rings. The van der Waals surface area contributed by atoms with E-state index in [1.165, 1.54) is 0 Å². The van der Waals surface area contributed by atoms with Gasteiger partial charge in [-0.15, -0.1) is 0 Å². The topological polar surface area (TPSA) is 47.6 Å². The molecule has 118 valence electrons. The van der Waals surface area contributed by atoms with Crippen molar-refractivity contribution in [3.63, 3.8) is 0 Å². The molecule has 0 saturated heterocycles. The number of methoxy groups -OCH3 is 1. The molecule has 1 amide bonds. The first-order chi connectivity index (χ1) is 9.95. The highest BCUT2D eigenvalue weighted by Crippen LogP contribution is 2.28. The molecule has 0 aliphatic rings. The molecule has 0 saturated carbocycles. The lowest BCUT2D eigenvalue weighted by atomic mass is 10.0. The quantitative estimate of drug-likeness (QED) is 0.749. The second kappa shape index (κ2) is 8.67. The summed E-state index contributed by atoms with van der Waals surface area (Å²) in [6.07, 6.45) is 0.295. The number of carbonyl (C=O) groups is 1. The third-order valence-corrected chi connectivity index (χ3v) is 3.29. The van der Waals surface area contributed by atoms with Gasteiger partial charge in [0.2, 0.25) is 0 Å². The summed E-state index contributed by atoms with van der Waals surface area (Å²) in [6.45, 7) is 9.28. The SMILES string of the molecule is COCCCNC(=O)C(C)Oc1cc(C)ccc1C(C)C. The third-order valence-electron chi connectivity index (χ3n) is 3.29. The van der Waals surface area contributed by atoms with Crippen LogP contribution in [0.3, 0.4) is 0 Å². The molecule has 0 bridgehead atoms. The normalized spacial score (nSPS) is 12.3. The van der Waals surface area contributed by atoms with Crippen LogP contribution in [0.4, 0.5) is 0 Å². The Morgan fingerprint density at radius 2 is 2.00 bits per heavy atom. The third kappa shape index (κ3) is 5.76. The van der Waals surface area contributed by atoms with Crippen LogP contribution >= 0.6 is 0 Å². The Kier molecular flexibility index (Phi) is 7.23. The fraction of sp³-hybridized carbons (Fsp3) is 0.588. The first-order valence-electron chi connectivity index (χ1n) is 7.49. The van der Waals surface area contributed by atoms with Crippen LogP contribution < -0.4 is 10.1 Å². The van der Waals surface area contributed by atoms with E-state index >= 15 is 0 Å². The van der Waals surface area contributed by atoms with E-state index in [4.69, 9.17) is 9.47 Å². The van der Waals surface area contributed by atoms with E-state index in [0.29, 0.717) is 19.1 Å². The van der Waals surface area contributed by atoms with Crippen LogP contribution in [0.5, 0.6) is 5.75 Å². The highest BCUT2D eigenvalue weighted by Gasteiger charge is 2.17. The highest BCUT2D eigenvalue weighted by atomic mass is 16.5. The van der Waals surface area contributed by atoms with E-state index in [0.717, 1.165) is 23.3 Å². The second-order valence-electron chi connectivity index (χ2n) is 5.59. The summed E-state index contributed by atoms with van der Waals surface area (Å²) in [4.78, 5) is 12.0. The first-order valence-corrected chi connectivity index (χ1v) is 7.49. The van der Waals surface area contributed by atoms with Gasteiger partial charge >= 0.3 is 0 Å². The zero-order valence-corrected chi connectivity index (χ0v) is 13.7. The van der Waals surface area contributed by atoms with Crippen molar-refractivity contribution in [1.82, 2.24) is 5.32 Å². The predicted octanol–water partition coefficient (Wildman–Crippen LogP) is 3.04. The number of aryl methyl sites for hydroxylation is 1. The average molecular weight is 293 g/mol. The van der Waals surface area contributed by atoms with E-state index in [1.54, 1.807) is 14.0 Å². The number of benzene rings is 1. The Morgan fingerprint density at radius 1 is 1.29 bits per heavy atom. The van der Waals surface area contributed by atoms with Crippen molar-refractivity contribution < 1.29 is 14.3 Å². The van der Waals surface area contributed by atoms with Crippen molar-refractivity contribution in [3.8, 4) is 5.75 Å². The van der Waals surface area contributed by atoms with Gasteiger partial charge in [-0.05, 0) is 43.4 Å². The Morgan fingerprint density at radius 3 is 2.62 bits per heavy atom. The molecule has 1 atom stereocenters. The number of hydrogen-bond donors (Lipinski definition) is 1. The van der Waals surface area contributed by atoms with Gasteiger partial charge in [-0.1, -0.05) is 26.0 Å². The van der Waals surface area contributed by atoms with Crippen LogP contribution in [-0.4, -0.2) is 32.3 Å². The van der Waals surface area contributed by atoms with Gasteiger partial charge in [-0.2, -0.15) is 0 Å². The van der Waals surface area contributed by atoms with Crippen molar-refractivity contribution in [2.45, 2.75) is 46.1 Å². The van der Waals surface area contributed by atoms with E-state index < -0.39 is 6.10 Å². The lowest BCUT2D eigenvalue weighted by molar-refractivity contribution is -0.127. The molecule has 0 aromatic heterocycles. The maximum atomic E-state index is 12.0. The van der Waals surface area contributed by atoms with Crippen LogP contribution in [0, 0.1) is 6.92 Å². The fourth-order valence-corrected chi connectivity index (χ4v) is 2.04. The summed E-state index contributed by atoms with van der Waals surface area (Å²) >= 11 is 0. The predicted molar refractivity (Wildman–Crippen MR) is 84.9 cm³/mol. The van der Waals surface area contributed by atoms with Crippen LogP contribution in [0.15, 0.2) is 18.2 Å². The minimum absolute atomic E-state index is 0.0951. The summed E-state index contributed by atoms with van der Waals surface area (Å²) < 4.78 is 10.8.